The van der Waals surface area contributed by atoms with Crippen LogP contribution in [-0.2, 0) is 6.54 Å². The van der Waals surface area contributed by atoms with Gasteiger partial charge in [0.1, 0.15) is 11.4 Å². The molecular weight excluding hydrogens is 320 g/mol. The summed E-state index contributed by atoms with van der Waals surface area (Å²) in [5.74, 6) is 0.862. The van der Waals surface area contributed by atoms with E-state index in [1.165, 1.54) is 0 Å². The average molecular weight is 338 g/mol. The Labute approximate surface area is 145 Å². The fourth-order valence-electron chi connectivity index (χ4n) is 2.40. The molecule has 0 saturated heterocycles. The van der Waals surface area contributed by atoms with Crippen molar-refractivity contribution in [1.29, 1.82) is 0 Å². The monoisotopic (exact) mass is 338 g/mol. The summed E-state index contributed by atoms with van der Waals surface area (Å²) in [5.41, 5.74) is 3.40. The van der Waals surface area contributed by atoms with Crippen molar-refractivity contribution in [3.63, 3.8) is 0 Å². The van der Waals surface area contributed by atoms with Crippen molar-refractivity contribution < 1.29 is 14.2 Å². The van der Waals surface area contributed by atoms with E-state index < -0.39 is 0 Å². The summed E-state index contributed by atoms with van der Waals surface area (Å²) in [6.07, 6.45) is 1.65. The third-order valence-electron chi connectivity index (χ3n) is 3.76. The molecule has 0 bridgehead atoms. The predicted molar refractivity (Wildman–Crippen MR) is 90.4 cm³/mol. The van der Waals surface area contributed by atoms with E-state index in [1.54, 1.807) is 19.2 Å². The Morgan fingerprint density at radius 2 is 1.88 bits per heavy atom. The van der Waals surface area contributed by atoms with Gasteiger partial charge in [-0.3, -0.25) is 4.79 Å². The molecule has 128 valence electrons. The van der Waals surface area contributed by atoms with Gasteiger partial charge in [-0.15, -0.1) is 0 Å². The number of amides is 1. The first-order chi connectivity index (χ1) is 12.1. The predicted octanol–water partition coefficient (Wildman–Crippen LogP) is 3.11. The molecule has 1 N–H and O–H groups in total. The van der Waals surface area contributed by atoms with Crippen molar-refractivity contribution in [1.82, 2.24) is 20.6 Å². The standard InChI is InChI=1S/C18H18N4O3/c1-11-6-4-7-12(2)16(11)24-18-14(8-5-9-19-18)10-20-17(23)15-13(3)21-25-22-15/h4-9H,10H2,1-3H3,(H,20,23). The van der Waals surface area contributed by atoms with Gasteiger partial charge in [0.25, 0.3) is 5.91 Å². The zero-order valence-corrected chi connectivity index (χ0v) is 14.2. The van der Waals surface area contributed by atoms with Crippen molar-refractivity contribution in [2.24, 2.45) is 0 Å². The van der Waals surface area contributed by atoms with E-state index in [1.807, 2.05) is 38.1 Å². The first kappa shape index (κ1) is 16.6. The van der Waals surface area contributed by atoms with Crippen molar-refractivity contribution in [2.45, 2.75) is 27.3 Å². The minimum Gasteiger partial charge on any atom is -0.438 e. The lowest BCUT2D eigenvalue weighted by molar-refractivity contribution is 0.0940. The van der Waals surface area contributed by atoms with Crippen LogP contribution in [0.15, 0.2) is 41.2 Å². The van der Waals surface area contributed by atoms with Crippen LogP contribution in [-0.4, -0.2) is 21.2 Å². The van der Waals surface area contributed by atoms with Gasteiger partial charge in [0.15, 0.2) is 5.69 Å². The van der Waals surface area contributed by atoms with Crippen LogP contribution in [0.4, 0.5) is 0 Å². The number of hydrogen-bond acceptors (Lipinski definition) is 6. The Morgan fingerprint density at radius 1 is 1.12 bits per heavy atom. The number of nitrogens with zero attached hydrogens (tertiary/aromatic N) is 3. The molecule has 3 rings (SSSR count). The summed E-state index contributed by atoms with van der Waals surface area (Å²) in [5, 5.41) is 9.97. The molecule has 0 aliphatic carbocycles. The molecule has 2 aromatic heterocycles. The minimum atomic E-state index is -0.361. The highest BCUT2D eigenvalue weighted by Crippen LogP contribution is 2.29. The number of rotatable bonds is 5. The second-order valence-electron chi connectivity index (χ2n) is 5.67. The number of pyridine rings is 1. The van der Waals surface area contributed by atoms with Gasteiger partial charge in [0.2, 0.25) is 5.88 Å². The maximum absolute atomic E-state index is 12.1. The van der Waals surface area contributed by atoms with Crippen molar-refractivity contribution >= 4 is 5.91 Å². The van der Waals surface area contributed by atoms with E-state index in [4.69, 9.17) is 4.74 Å². The molecule has 1 aromatic carbocycles. The van der Waals surface area contributed by atoms with Gasteiger partial charge >= 0.3 is 0 Å². The highest BCUT2D eigenvalue weighted by Gasteiger charge is 2.16. The van der Waals surface area contributed by atoms with Gasteiger partial charge in [-0.05, 0) is 43.1 Å². The highest BCUT2D eigenvalue weighted by atomic mass is 16.6. The molecule has 25 heavy (non-hydrogen) atoms. The molecule has 0 atom stereocenters. The van der Waals surface area contributed by atoms with E-state index in [0.717, 1.165) is 22.4 Å². The molecule has 0 aliphatic rings. The average Bonchev–Trinajstić information content (AvgIpc) is 3.03. The molecular formula is C18H18N4O3. The third kappa shape index (κ3) is 3.65. The normalized spacial score (nSPS) is 10.5. The lowest BCUT2D eigenvalue weighted by Crippen LogP contribution is -2.24. The highest BCUT2D eigenvalue weighted by molar-refractivity contribution is 5.92. The Kier molecular flexibility index (Phi) is 4.74. The molecule has 0 saturated carbocycles. The molecule has 2 heterocycles. The van der Waals surface area contributed by atoms with Crippen molar-refractivity contribution in [2.75, 3.05) is 0 Å². The maximum Gasteiger partial charge on any atom is 0.275 e. The van der Waals surface area contributed by atoms with E-state index in [2.05, 4.69) is 25.2 Å². The summed E-state index contributed by atoms with van der Waals surface area (Å²) in [6.45, 7) is 5.87. The first-order valence-electron chi connectivity index (χ1n) is 7.81. The number of ether oxygens (including phenoxy) is 1. The van der Waals surface area contributed by atoms with Gasteiger partial charge in [-0.2, -0.15) is 0 Å². The number of hydrogen-bond donors (Lipinski definition) is 1. The van der Waals surface area contributed by atoms with Crippen LogP contribution in [0.3, 0.4) is 0 Å². The van der Waals surface area contributed by atoms with Crippen LogP contribution in [0.5, 0.6) is 11.6 Å². The number of carbonyl (C=O) groups is 1. The minimum absolute atomic E-state index is 0.168. The summed E-state index contributed by atoms with van der Waals surface area (Å²) in [6, 6.07) is 9.58. The summed E-state index contributed by atoms with van der Waals surface area (Å²) >= 11 is 0. The lowest BCUT2D eigenvalue weighted by atomic mass is 10.1. The van der Waals surface area contributed by atoms with Crippen LogP contribution < -0.4 is 10.1 Å². The SMILES string of the molecule is Cc1cccc(C)c1Oc1ncccc1CNC(=O)c1nonc1C. The topological polar surface area (TPSA) is 90.1 Å². The largest absolute Gasteiger partial charge is 0.438 e. The number of aromatic nitrogens is 3. The smallest absolute Gasteiger partial charge is 0.275 e. The Hall–Kier alpha value is -3.22. The third-order valence-corrected chi connectivity index (χ3v) is 3.76. The van der Waals surface area contributed by atoms with Crippen molar-refractivity contribution in [3.05, 3.63) is 64.6 Å². The molecule has 0 radical (unpaired) electrons. The number of para-hydroxylation sites is 1. The van der Waals surface area contributed by atoms with Crippen molar-refractivity contribution in [3.8, 4) is 11.6 Å². The number of nitrogens with one attached hydrogen (secondary N) is 1. The fourth-order valence-corrected chi connectivity index (χ4v) is 2.40. The molecule has 3 aromatic rings. The number of carbonyl (C=O) groups excluding carboxylic acids is 1. The van der Waals surface area contributed by atoms with E-state index >= 15 is 0 Å². The first-order valence-corrected chi connectivity index (χ1v) is 7.81. The quantitative estimate of drug-likeness (QED) is 0.769. The van der Waals surface area contributed by atoms with Crippen LogP contribution in [0.25, 0.3) is 0 Å². The van der Waals surface area contributed by atoms with Crippen LogP contribution in [0.1, 0.15) is 32.9 Å². The Morgan fingerprint density at radius 3 is 2.56 bits per heavy atom. The van der Waals surface area contributed by atoms with Gasteiger partial charge in [-0.25, -0.2) is 9.61 Å². The van der Waals surface area contributed by atoms with Crippen LogP contribution >= 0.6 is 0 Å². The van der Waals surface area contributed by atoms with Gasteiger partial charge in [0, 0.05) is 18.3 Å². The molecule has 0 unspecified atom stereocenters. The number of aryl methyl sites for hydroxylation is 3. The molecule has 0 fully saturated rings. The summed E-state index contributed by atoms with van der Waals surface area (Å²) in [4.78, 5) is 16.4. The second-order valence-corrected chi connectivity index (χ2v) is 5.67. The Balaban J connectivity index is 1.77. The molecule has 0 spiro atoms. The Bertz CT molecular complexity index is 885. The zero-order chi connectivity index (χ0) is 17.8. The van der Waals surface area contributed by atoms with Gasteiger partial charge in [-0.1, -0.05) is 29.4 Å². The second kappa shape index (κ2) is 7.12. The fraction of sp³-hybridized carbons (Fsp3) is 0.222. The molecule has 7 heteroatoms. The van der Waals surface area contributed by atoms with Gasteiger partial charge < -0.3 is 10.1 Å². The van der Waals surface area contributed by atoms with E-state index in [-0.39, 0.29) is 18.1 Å². The molecule has 1 amide bonds. The van der Waals surface area contributed by atoms with E-state index in [9.17, 15) is 4.79 Å². The van der Waals surface area contributed by atoms with Crippen LogP contribution in [0.2, 0.25) is 0 Å². The molecule has 0 aliphatic heterocycles. The molecule has 7 nitrogen and oxygen atoms in total. The van der Waals surface area contributed by atoms with E-state index in [0.29, 0.717) is 11.6 Å². The zero-order valence-electron chi connectivity index (χ0n) is 14.2. The number of benzene rings is 1. The van der Waals surface area contributed by atoms with Crippen LogP contribution in [0, 0.1) is 20.8 Å². The lowest BCUT2D eigenvalue weighted by Gasteiger charge is -2.14. The maximum atomic E-state index is 12.1. The van der Waals surface area contributed by atoms with Gasteiger partial charge in [0.05, 0.1) is 0 Å². The summed E-state index contributed by atoms with van der Waals surface area (Å²) < 4.78 is 10.6. The summed E-state index contributed by atoms with van der Waals surface area (Å²) in [7, 11) is 0.